The summed E-state index contributed by atoms with van der Waals surface area (Å²) < 4.78 is 39.6. The second-order valence-electron chi connectivity index (χ2n) is 8.31. The number of nitrogens with one attached hydrogen (secondary N) is 1. The highest BCUT2D eigenvalue weighted by Crippen LogP contribution is 2.44. The number of aromatic nitrogens is 1. The summed E-state index contributed by atoms with van der Waals surface area (Å²) in [7, 11) is 0. The highest BCUT2D eigenvalue weighted by atomic mass is 32.1. The number of hydrogen-bond acceptors (Lipinski definition) is 7. The zero-order valence-corrected chi connectivity index (χ0v) is 19.2. The molecule has 1 saturated heterocycles. The van der Waals surface area contributed by atoms with E-state index in [1.165, 1.54) is 30.3 Å². The maximum absolute atomic E-state index is 13.7. The van der Waals surface area contributed by atoms with E-state index >= 15 is 0 Å². The molecule has 2 aromatic carbocycles. The van der Waals surface area contributed by atoms with Crippen molar-refractivity contribution in [3.63, 3.8) is 0 Å². The number of carbonyl (C=O) groups excluding carboxylic acids is 5. The van der Waals surface area contributed by atoms with E-state index in [-0.39, 0.29) is 21.7 Å². The number of halogens is 3. The molecule has 3 aromatic rings. The van der Waals surface area contributed by atoms with Crippen LogP contribution in [0.4, 0.5) is 13.2 Å². The molecule has 0 saturated carbocycles. The van der Waals surface area contributed by atoms with Crippen LogP contribution < -0.4 is 5.43 Å². The fraction of sp³-hybridized carbons (Fsp3) is 0.217. The van der Waals surface area contributed by atoms with Crippen molar-refractivity contribution >= 4 is 51.1 Å². The van der Waals surface area contributed by atoms with E-state index in [0.29, 0.717) is 9.71 Å². The Bertz CT molecular complexity index is 1500. The Balaban J connectivity index is 1.57. The summed E-state index contributed by atoms with van der Waals surface area (Å²) in [6.45, 7) is 0.672. The number of nitrogens with zero attached hydrogens (tertiary/aromatic N) is 3. The first-order chi connectivity index (χ1) is 16.9. The lowest BCUT2D eigenvalue weighted by molar-refractivity contribution is -0.151. The van der Waals surface area contributed by atoms with Crippen molar-refractivity contribution in [2.24, 2.45) is 0 Å². The highest BCUT2D eigenvalue weighted by Gasteiger charge is 2.63. The fourth-order valence-corrected chi connectivity index (χ4v) is 5.39. The molecular formula is C23H15F3N4O5S. The minimum absolute atomic E-state index is 0.0170. The zero-order chi connectivity index (χ0) is 26.0. The number of imide groups is 2. The molecule has 2 aliphatic heterocycles. The number of amides is 5. The number of alkyl halides is 3. The van der Waals surface area contributed by atoms with Gasteiger partial charge in [0.25, 0.3) is 17.7 Å². The summed E-state index contributed by atoms with van der Waals surface area (Å²) in [6.07, 6.45) is -5.18. The van der Waals surface area contributed by atoms with Crippen LogP contribution in [0.2, 0.25) is 0 Å². The quantitative estimate of drug-likeness (QED) is 0.423. The van der Waals surface area contributed by atoms with E-state index in [2.05, 4.69) is 10.4 Å². The van der Waals surface area contributed by atoms with Crippen LogP contribution >= 0.6 is 11.3 Å². The molecule has 1 fully saturated rings. The molecule has 184 valence electrons. The summed E-state index contributed by atoms with van der Waals surface area (Å²) in [5, 5.41) is 0.637. The lowest BCUT2D eigenvalue weighted by atomic mass is 9.72. The number of benzene rings is 2. The molecule has 1 aromatic heterocycles. The first-order valence-corrected chi connectivity index (χ1v) is 11.3. The minimum Gasteiger partial charge on any atom is -0.274 e. The standard InChI is InChI=1S/C23H15F3N4O5S/c1-11(31)28-30-18(32)9-22(21(30)35)14-5-3-2-4-13(14)19(33)29(20(22)34)10-17-27-15-8-12(23(24,25)26)6-7-16(15)36-17/h2-8H,9-10H2,1H3,(H,28,31). The number of fused-ring (bicyclic) bond motifs is 3. The van der Waals surface area contributed by atoms with Crippen molar-refractivity contribution in [2.45, 2.75) is 31.5 Å². The van der Waals surface area contributed by atoms with Gasteiger partial charge in [0.2, 0.25) is 11.8 Å². The third-order valence-electron chi connectivity index (χ3n) is 6.03. The number of hydrogen-bond donors (Lipinski definition) is 1. The molecule has 9 nitrogen and oxygen atoms in total. The monoisotopic (exact) mass is 516 g/mol. The lowest BCUT2D eigenvalue weighted by Crippen LogP contribution is -2.58. The van der Waals surface area contributed by atoms with Gasteiger partial charge in [-0.1, -0.05) is 18.2 Å². The van der Waals surface area contributed by atoms with Crippen molar-refractivity contribution in [3.8, 4) is 0 Å². The molecule has 1 N–H and O–H groups in total. The van der Waals surface area contributed by atoms with Gasteiger partial charge in [-0.15, -0.1) is 11.3 Å². The molecule has 2 aliphatic rings. The molecule has 1 spiro atoms. The maximum atomic E-state index is 13.7. The topological polar surface area (TPSA) is 117 Å². The summed E-state index contributed by atoms with van der Waals surface area (Å²) in [5.41, 5.74) is -0.755. The molecule has 36 heavy (non-hydrogen) atoms. The Labute approximate surface area is 204 Å². The van der Waals surface area contributed by atoms with Crippen LogP contribution in [-0.4, -0.2) is 44.4 Å². The average Bonchev–Trinajstić information content (AvgIpc) is 3.33. The molecule has 3 heterocycles. The molecule has 0 bridgehead atoms. The number of hydrazine groups is 1. The summed E-state index contributed by atoms with van der Waals surface area (Å²) >= 11 is 0.993. The second kappa shape index (κ2) is 7.95. The Morgan fingerprint density at radius 2 is 1.83 bits per heavy atom. The Morgan fingerprint density at radius 1 is 1.11 bits per heavy atom. The van der Waals surface area contributed by atoms with Crippen molar-refractivity contribution in [3.05, 3.63) is 64.2 Å². The Kier molecular flexibility index (Phi) is 5.21. The SMILES string of the molecule is CC(=O)NN1C(=O)CC2(C(=O)N(Cc3nc4cc(C(F)(F)F)ccc4s3)C(=O)c3ccccc32)C1=O. The molecule has 0 aliphatic carbocycles. The lowest BCUT2D eigenvalue weighted by Gasteiger charge is -2.37. The molecule has 5 amide bonds. The van der Waals surface area contributed by atoms with E-state index in [4.69, 9.17) is 0 Å². The predicted octanol–water partition coefficient (Wildman–Crippen LogP) is 2.55. The Morgan fingerprint density at radius 3 is 2.53 bits per heavy atom. The van der Waals surface area contributed by atoms with Gasteiger partial charge in [-0.25, -0.2) is 4.98 Å². The van der Waals surface area contributed by atoms with E-state index < -0.39 is 59.7 Å². The van der Waals surface area contributed by atoms with Crippen LogP contribution in [0.25, 0.3) is 10.2 Å². The molecule has 5 rings (SSSR count). The third-order valence-corrected chi connectivity index (χ3v) is 7.05. The van der Waals surface area contributed by atoms with Gasteiger partial charge in [0, 0.05) is 12.5 Å². The Hall–Kier alpha value is -4.13. The van der Waals surface area contributed by atoms with Crippen LogP contribution in [0, 0.1) is 0 Å². The summed E-state index contributed by atoms with van der Waals surface area (Å²) in [6, 6.07) is 8.89. The van der Waals surface area contributed by atoms with Crippen LogP contribution in [0.5, 0.6) is 0 Å². The number of carbonyl (C=O) groups is 5. The third kappa shape index (κ3) is 3.46. The molecule has 13 heteroatoms. The molecular weight excluding hydrogens is 501 g/mol. The van der Waals surface area contributed by atoms with Crippen molar-refractivity contribution in [1.29, 1.82) is 0 Å². The van der Waals surface area contributed by atoms with Crippen molar-refractivity contribution in [1.82, 2.24) is 20.3 Å². The summed E-state index contributed by atoms with van der Waals surface area (Å²) in [5.74, 6) is -4.25. The predicted molar refractivity (Wildman–Crippen MR) is 118 cm³/mol. The largest absolute Gasteiger partial charge is 0.416 e. The molecule has 1 atom stereocenters. The van der Waals surface area contributed by atoms with E-state index in [9.17, 15) is 37.1 Å². The fourth-order valence-electron chi connectivity index (χ4n) is 4.46. The van der Waals surface area contributed by atoms with Crippen LogP contribution in [0.3, 0.4) is 0 Å². The molecule has 0 radical (unpaired) electrons. The van der Waals surface area contributed by atoms with Crippen LogP contribution in [-0.2, 0) is 37.3 Å². The van der Waals surface area contributed by atoms with Crippen LogP contribution in [0.1, 0.15) is 39.8 Å². The first-order valence-electron chi connectivity index (χ1n) is 10.5. The zero-order valence-electron chi connectivity index (χ0n) is 18.4. The number of thiazole rings is 1. The van der Waals surface area contributed by atoms with Gasteiger partial charge in [0.05, 0.1) is 28.7 Å². The number of rotatable bonds is 3. The van der Waals surface area contributed by atoms with Crippen molar-refractivity contribution < 1.29 is 37.1 Å². The van der Waals surface area contributed by atoms with E-state index in [0.717, 1.165) is 35.3 Å². The molecule has 1 unspecified atom stereocenters. The van der Waals surface area contributed by atoms with Gasteiger partial charge >= 0.3 is 6.18 Å². The minimum atomic E-state index is -4.57. The van der Waals surface area contributed by atoms with Gasteiger partial charge in [0.15, 0.2) is 5.41 Å². The van der Waals surface area contributed by atoms with Gasteiger partial charge in [-0.05, 0) is 29.8 Å². The van der Waals surface area contributed by atoms with E-state index in [1.807, 2.05) is 0 Å². The van der Waals surface area contributed by atoms with Gasteiger partial charge in [-0.3, -0.25) is 34.3 Å². The van der Waals surface area contributed by atoms with E-state index in [1.54, 1.807) is 0 Å². The van der Waals surface area contributed by atoms with Gasteiger partial charge < -0.3 is 0 Å². The smallest absolute Gasteiger partial charge is 0.274 e. The normalized spacial score (nSPS) is 20.0. The van der Waals surface area contributed by atoms with Gasteiger partial charge in [-0.2, -0.15) is 18.2 Å². The maximum Gasteiger partial charge on any atom is 0.416 e. The summed E-state index contributed by atoms with van der Waals surface area (Å²) in [4.78, 5) is 69.5. The van der Waals surface area contributed by atoms with Crippen LogP contribution in [0.15, 0.2) is 42.5 Å². The highest BCUT2D eigenvalue weighted by molar-refractivity contribution is 7.18. The first kappa shape index (κ1) is 23.6. The average molecular weight is 516 g/mol. The van der Waals surface area contributed by atoms with Crippen molar-refractivity contribution in [2.75, 3.05) is 0 Å². The second-order valence-corrected chi connectivity index (χ2v) is 9.43. The van der Waals surface area contributed by atoms with Gasteiger partial charge in [0.1, 0.15) is 5.01 Å².